The lowest BCUT2D eigenvalue weighted by molar-refractivity contribution is 0.621. The first kappa shape index (κ1) is 44.9. The number of aromatic amines is 2. The number of hydrogen-bond donors (Lipinski definition) is 4. The van der Waals surface area contributed by atoms with Gasteiger partial charge in [0.25, 0.3) is 0 Å². The van der Waals surface area contributed by atoms with Gasteiger partial charge in [0.2, 0.25) is 0 Å². The fourth-order valence-corrected chi connectivity index (χ4v) is 7.37. The Labute approximate surface area is 373 Å². The third kappa shape index (κ3) is 9.72. The van der Waals surface area contributed by atoms with Crippen LogP contribution in [-0.4, -0.2) is 72.2 Å². The summed E-state index contributed by atoms with van der Waals surface area (Å²) < 4.78 is 30.4. The SMILES string of the molecule is C.CC(C)c1cnn2c(Cl)cc(-c3cncc(F)c3)nc12.CC(C)c1cnn2c(NCCc3c[nH]c4cccnc34)cc(-c3cncc(F)c3)nc12.NCCc1c[nH]c2cccnc12. The molecule has 0 saturated carbocycles. The second-order valence-electron chi connectivity index (χ2n) is 15.4. The second kappa shape index (κ2) is 19.9. The molecule has 10 aromatic rings. The summed E-state index contributed by atoms with van der Waals surface area (Å²) in [5, 5.41) is 12.7. The van der Waals surface area contributed by atoms with Crippen molar-refractivity contribution in [3.05, 3.63) is 150 Å². The predicted molar refractivity (Wildman–Crippen MR) is 249 cm³/mol. The highest BCUT2D eigenvalue weighted by atomic mass is 35.5. The van der Waals surface area contributed by atoms with Crippen molar-refractivity contribution in [3.63, 3.8) is 0 Å². The Morgan fingerprint density at radius 2 is 1.20 bits per heavy atom. The molecule has 5 N–H and O–H groups in total. The van der Waals surface area contributed by atoms with Gasteiger partial charge in [-0.05, 0) is 78.7 Å². The summed E-state index contributed by atoms with van der Waals surface area (Å²) in [6.07, 6.45) is 18.4. The quantitative estimate of drug-likeness (QED) is 0.0965. The van der Waals surface area contributed by atoms with Gasteiger partial charge in [0, 0.05) is 78.1 Å². The first-order valence-electron chi connectivity index (χ1n) is 20.5. The van der Waals surface area contributed by atoms with E-state index in [-0.39, 0.29) is 19.3 Å². The average Bonchev–Trinajstić information content (AvgIpc) is 4.10. The lowest BCUT2D eigenvalue weighted by Crippen LogP contribution is -2.10. The molecule has 10 heterocycles. The molecule has 14 nitrogen and oxygen atoms in total. The number of pyridine rings is 4. The molecule has 0 bridgehead atoms. The number of nitrogens with zero attached hydrogens (tertiary/aromatic N) is 10. The van der Waals surface area contributed by atoms with E-state index in [1.807, 2.05) is 48.9 Å². The summed E-state index contributed by atoms with van der Waals surface area (Å²) in [5.41, 5.74) is 17.9. The molecule has 0 aliphatic rings. The van der Waals surface area contributed by atoms with E-state index in [1.54, 1.807) is 46.1 Å². The summed E-state index contributed by atoms with van der Waals surface area (Å²) >= 11 is 6.22. The van der Waals surface area contributed by atoms with Crippen LogP contribution in [0.5, 0.6) is 0 Å². The maximum Gasteiger partial charge on any atom is 0.161 e. The second-order valence-corrected chi connectivity index (χ2v) is 15.8. The zero-order chi connectivity index (χ0) is 44.0. The minimum atomic E-state index is -0.405. The third-order valence-electron chi connectivity index (χ3n) is 10.3. The Bertz CT molecular complexity index is 3150. The fraction of sp³-hybridized carbons (Fsp3) is 0.234. The van der Waals surface area contributed by atoms with Crippen LogP contribution in [-0.2, 0) is 12.8 Å². The molecule has 0 aliphatic heterocycles. The molecule has 0 saturated heterocycles. The Morgan fingerprint density at radius 3 is 1.73 bits per heavy atom. The minimum absolute atomic E-state index is 0. The molecule has 64 heavy (non-hydrogen) atoms. The van der Waals surface area contributed by atoms with Crippen LogP contribution in [0.3, 0.4) is 0 Å². The lowest BCUT2D eigenvalue weighted by Gasteiger charge is -2.12. The molecular formula is C47H49ClF2N14. The van der Waals surface area contributed by atoms with Crippen molar-refractivity contribution >= 4 is 50.8 Å². The number of aromatic nitrogens is 12. The van der Waals surface area contributed by atoms with Gasteiger partial charge >= 0.3 is 0 Å². The van der Waals surface area contributed by atoms with Gasteiger partial charge in [-0.3, -0.25) is 19.9 Å². The smallest absolute Gasteiger partial charge is 0.161 e. The molecule has 0 amide bonds. The van der Waals surface area contributed by atoms with Gasteiger partial charge in [-0.1, -0.05) is 46.7 Å². The van der Waals surface area contributed by atoms with E-state index in [0.717, 1.165) is 69.3 Å². The number of anilines is 1. The molecule has 328 valence electrons. The van der Waals surface area contributed by atoms with Gasteiger partial charge in [0.05, 0.1) is 58.2 Å². The topological polar surface area (TPSA) is 182 Å². The van der Waals surface area contributed by atoms with E-state index >= 15 is 0 Å². The average molecular weight is 883 g/mol. The molecule has 10 rings (SSSR count). The standard InChI is InChI=1S/C23H22FN7.C14H12ClFN4.C9H11N3.CH4/c1-14(2)18-13-29-31-21(9-20(30-23(18)31)16-8-17(24)12-25-10-16)26-7-5-15-11-28-19-4-3-6-27-22(15)19;1-8(2)11-7-18-20-13(15)4-12(19-14(11)20)9-3-10(16)6-17-5-9;10-4-3-7-6-12-8-2-1-5-11-9(7)8;/h3-4,6,8-14,26,28H,5,7H2,1-2H3;3-8H,1-2H3;1-2,5-6,12H,3-4,10H2;1H4. The Hall–Kier alpha value is -7.17. The van der Waals surface area contributed by atoms with Crippen LogP contribution >= 0.6 is 11.6 Å². The highest BCUT2D eigenvalue weighted by Crippen LogP contribution is 2.29. The van der Waals surface area contributed by atoms with Crippen LogP contribution < -0.4 is 11.1 Å². The molecule has 0 spiro atoms. The summed E-state index contributed by atoms with van der Waals surface area (Å²) in [5.74, 6) is 0.535. The fourth-order valence-electron chi connectivity index (χ4n) is 7.15. The Morgan fingerprint density at radius 1 is 0.688 bits per heavy atom. The number of nitrogens with two attached hydrogens (primary N) is 1. The van der Waals surface area contributed by atoms with Crippen molar-refractivity contribution in [2.45, 2.75) is 59.8 Å². The van der Waals surface area contributed by atoms with E-state index in [4.69, 9.17) is 22.3 Å². The number of H-pyrrole nitrogens is 2. The van der Waals surface area contributed by atoms with Crippen molar-refractivity contribution < 1.29 is 8.78 Å². The highest BCUT2D eigenvalue weighted by Gasteiger charge is 2.17. The van der Waals surface area contributed by atoms with Crippen molar-refractivity contribution in [2.24, 2.45) is 5.73 Å². The molecule has 0 unspecified atom stereocenters. The summed E-state index contributed by atoms with van der Waals surface area (Å²) in [7, 11) is 0. The molecular weight excluding hydrogens is 834 g/mol. The van der Waals surface area contributed by atoms with E-state index in [2.05, 4.69) is 78.1 Å². The first-order valence-corrected chi connectivity index (χ1v) is 20.9. The van der Waals surface area contributed by atoms with E-state index in [9.17, 15) is 8.78 Å². The van der Waals surface area contributed by atoms with Crippen molar-refractivity contribution in [1.29, 1.82) is 0 Å². The number of nitrogens with one attached hydrogen (secondary N) is 3. The molecule has 0 atom stereocenters. The monoisotopic (exact) mass is 882 g/mol. The summed E-state index contributed by atoms with van der Waals surface area (Å²) in [6, 6.07) is 14.2. The number of halogens is 3. The van der Waals surface area contributed by atoms with Gasteiger partial charge in [-0.2, -0.15) is 14.7 Å². The maximum absolute atomic E-state index is 13.8. The lowest BCUT2D eigenvalue weighted by atomic mass is 10.1. The predicted octanol–water partition coefficient (Wildman–Crippen LogP) is 9.99. The number of hydrogen-bond acceptors (Lipinski definition) is 10. The largest absolute Gasteiger partial charge is 0.370 e. The summed E-state index contributed by atoms with van der Waals surface area (Å²) in [4.78, 5) is 32.3. The van der Waals surface area contributed by atoms with Gasteiger partial charge < -0.3 is 21.0 Å². The first-order chi connectivity index (χ1) is 30.6. The Balaban J connectivity index is 0.000000158. The van der Waals surface area contributed by atoms with E-state index < -0.39 is 11.6 Å². The van der Waals surface area contributed by atoms with Crippen LogP contribution in [0.2, 0.25) is 5.15 Å². The molecule has 10 aromatic heterocycles. The van der Waals surface area contributed by atoms with Crippen LogP contribution in [0.4, 0.5) is 14.6 Å². The van der Waals surface area contributed by atoms with E-state index in [0.29, 0.717) is 46.4 Å². The molecule has 17 heteroatoms. The van der Waals surface area contributed by atoms with Crippen molar-refractivity contribution in [1.82, 2.24) is 59.1 Å². The van der Waals surface area contributed by atoms with E-state index in [1.165, 1.54) is 23.9 Å². The zero-order valence-corrected chi connectivity index (χ0v) is 35.8. The number of rotatable bonds is 10. The van der Waals surface area contributed by atoms with Crippen LogP contribution in [0.1, 0.15) is 69.2 Å². The molecule has 0 aromatic carbocycles. The zero-order valence-electron chi connectivity index (χ0n) is 35.1. The van der Waals surface area contributed by atoms with Crippen molar-refractivity contribution in [3.8, 4) is 22.5 Å². The van der Waals surface area contributed by atoms with Gasteiger partial charge in [-0.15, -0.1) is 0 Å². The normalized spacial score (nSPS) is 11.2. The number of fused-ring (bicyclic) bond motifs is 4. The molecule has 0 aliphatic carbocycles. The van der Waals surface area contributed by atoms with Crippen LogP contribution in [0.25, 0.3) is 55.9 Å². The van der Waals surface area contributed by atoms with Gasteiger partial charge in [0.15, 0.2) is 11.3 Å². The highest BCUT2D eigenvalue weighted by molar-refractivity contribution is 6.30. The molecule has 0 radical (unpaired) electrons. The molecule has 0 fully saturated rings. The minimum Gasteiger partial charge on any atom is -0.370 e. The van der Waals surface area contributed by atoms with Crippen LogP contribution in [0, 0.1) is 11.6 Å². The summed E-state index contributed by atoms with van der Waals surface area (Å²) in [6.45, 7) is 9.67. The van der Waals surface area contributed by atoms with Crippen LogP contribution in [0.15, 0.2) is 110 Å². The van der Waals surface area contributed by atoms with Gasteiger partial charge in [-0.25, -0.2) is 23.3 Å². The maximum atomic E-state index is 13.8. The van der Waals surface area contributed by atoms with Crippen molar-refractivity contribution in [2.75, 3.05) is 18.4 Å². The third-order valence-corrected chi connectivity index (χ3v) is 10.6. The van der Waals surface area contributed by atoms with Gasteiger partial charge in [0.1, 0.15) is 22.6 Å². The Kier molecular flexibility index (Phi) is 14.0.